The number of hydrogen-bond acceptors (Lipinski definition) is 6. The minimum atomic E-state index is -0.154. The van der Waals surface area contributed by atoms with Gasteiger partial charge in [-0.05, 0) is 48.2 Å². The van der Waals surface area contributed by atoms with Crippen LogP contribution in [0.5, 0.6) is 0 Å². The fourth-order valence-corrected chi connectivity index (χ4v) is 4.82. The van der Waals surface area contributed by atoms with Crippen molar-refractivity contribution in [2.45, 2.75) is 39.8 Å². The molecule has 0 spiro atoms. The molecular weight excluding hydrogens is 442 g/mol. The first kappa shape index (κ1) is 24.9. The molecule has 8 nitrogen and oxygen atoms in total. The lowest BCUT2D eigenvalue weighted by Gasteiger charge is -2.32. The summed E-state index contributed by atoms with van der Waals surface area (Å²) in [4.78, 5) is 40.4. The van der Waals surface area contributed by atoms with Crippen molar-refractivity contribution in [3.63, 3.8) is 0 Å². The highest BCUT2D eigenvalue weighted by atomic mass is 16.2. The van der Waals surface area contributed by atoms with E-state index in [-0.39, 0.29) is 30.7 Å². The molecule has 0 aromatic heterocycles. The number of benzene rings is 2. The Balaban J connectivity index is 1.50. The molecule has 0 atom stereocenters. The summed E-state index contributed by atoms with van der Waals surface area (Å²) in [5.74, 6) is -0.141. The number of amides is 2. The monoisotopic (exact) mass is 477 g/mol. The molecule has 1 aliphatic carbocycles. The molecule has 4 rings (SSSR count). The Bertz CT molecular complexity index is 1090. The second-order valence-corrected chi connectivity index (χ2v) is 9.29. The molecule has 2 N–H and O–H groups in total. The van der Waals surface area contributed by atoms with Crippen LogP contribution in [0.15, 0.2) is 36.4 Å². The Hall–Kier alpha value is -3.23. The number of hydrogen-bond donors (Lipinski definition) is 2. The molecule has 2 aromatic carbocycles. The Labute approximate surface area is 207 Å². The predicted octanol–water partition coefficient (Wildman–Crippen LogP) is 2.05. The van der Waals surface area contributed by atoms with Crippen molar-refractivity contribution in [1.29, 1.82) is 0 Å². The molecule has 8 heteroatoms. The number of Topliss-reactive ketones (excluding diaryl/α,β-unsaturated/α-hetero) is 1. The second-order valence-electron chi connectivity index (χ2n) is 9.29. The van der Waals surface area contributed by atoms with E-state index in [4.69, 9.17) is 0 Å². The number of nitrogens with zero attached hydrogens (tertiary/aromatic N) is 3. The molecule has 0 fully saturated rings. The summed E-state index contributed by atoms with van der Waals surface area (Å²) in [6.07, 6.45) is 1.26. The van der Waals surface area contributed by atoms with Crippen LogP contribution in [-0.2, 0) is 29.1 Å². The Morgan fingerprint density at radius 2 is 1.71 bits per heavy atom. The van der Waals surface area contributed by atoms with Gasteiger partial charge >= 0.3 is 0 Å². The molecule has 2 amide bonds. The molecular formula is C27H35N5O3. The van der Waals surface area contributed by atoms with E-state index in [9.17, 15) is 14.4 Å². The molecule has 1 aliphatic heterocycles. The van der Waals surface area contributed by atoms with E-state index in [1.54, 1.807) is 17.0 Å². The van der Waals surface area contributed by atoms with E-state index in [1.807, 2.05) is 43.1 Å². The highest BCUT2D eigenvalue weighted by Gasteiger charge is 2.28. The lowest BCUT2D eigenvalue weighted by atomic mass is 10.0. The summed E-state index contributed by atoms with van der Waals surface area (Å²) in [7, 11) is 1.78. The van der Waals surface area contributed by atoms with E-state index >= 15 is 0 Å². The van der Waals surface area contributed by atoms with Crippen LogP contribution in [0, 0.1) is 6.92 Å². The predicted molar refractivity (Wildman–Crippen MR) is 136 cm³/mol. The van der Waals surface area contributed by atoms with Crippen LogP contribution in [0.25, 0.3) is 0 Å². The van der Waals surface area contributed by atoms with E-state index in [2.05, 4.69) is 22.8 Å². The van der Waals surface area contributed by atoms with E-state index in [1.165, 1.54) is 11.1 Å². The first-order chi connectivity index (χ1) is 16.9. The van der Waals surface area contributed by atoms with Gasteiger partial charge in [-0.1, -0.05) is 37.3 Å². The number of ketones is 1. The number of fused-ring (bicyclic) bond motifs is 2. The first-order valence-electron chi connectivity index (χ1n) is 12.3. The zero-order valence-electron chi connectivity index (χ0n) is 20.9. The molecule has 2 aliphatic rings. The number of anilines is 1. The highest BCUT2D eigenvalue weighted by Crippen LogP contribution is 2.31. The molecule has 0 saturated heterocycles. The Morgan fingerprint density at radius 3 is 2.40 bits per heavy atom. The van der Waals surface area contributed by atoms with Crippen LogP contribution in [0.3, 0.4) is 0 Å². The largest absolute Gasteiger partial charge is 0.353 e. The van der Waals surface area contributed by atoms with Gasteiger partial charge in [-0.2, -0.15) is 0 Å². The number of nitrogens with one attached hydrogen (secondary N) is 2. The fourth-order valence-electron chi connectivity index (χ4n) is 4.82. The Kier molecular flexibility index (Phi) is 7.83. The van der Waals surface area contributed by atoms with Crippen LogP contribution in [-0.4, -0.2) is 67.4 Å². The van der Waals surface area contributed by atoms with Gasteiger partial charge in [0.25, 0.3) is 5.91 Å². The number of likely N-dealkylation sites (N-methyl/N-ethyl adjacent to an activating group) is 2. The van der Waals surface area contributed by atoms with Gasteiger partial charge in [-0.3, -0.25) is 19.4 Å². The van der Waals surface area contributed by atoms with Crippen molar-refractivity contribution in [2.75, 3.05) is 44.7 Å². The van der Waals surface area contributed by atoms with Gasteiger partial charge in [0, 0.05) is 50.9 Å². The maximum absolute atomic E-state index is 13.4. The summed E-state index contributed by atoms with van der Waals surface area (Å²) in [5.41, 5.74) is 5.91. The van der Waals surface area contributed by atoms with E-state index < -0.39 is 0 Å². The lowest BCUT2D eigenvalue weighted by molar-refractivity contribution is -0.145. The van der Waals surface area contributed by atoms with Crippen molar-refractivity contribution in [1.82, 2.24) is 20.7 Å². The van der Waals surface area contributed by atoms with Crippen molar-refractivity contribution in [2.24, 2.45) is 0 Å². The minimum Gasteiger partial charge on any atom is -0.353 e. The molecule has 0 unspecified atom stereocenters. The maximum Gasteiger partial charge on any atom is 0.256 e. The van der Waals surface area contributed by atoms with Crippen LogP contribution in [0.1, 0.15) is 46.0 Å². The molecule has 1 heterocycles. The molecule has 0 bridgehead atoms. The zero-order chi connectivity index (χ0) is 24.9. The van der Waals surface area contributed by atoms with Gasteiger partial charge in [0.15, 0.2) is 5.78 Å². The summed E-state index contributed by atoms with van der Waals surface area (Å²) < 4.78 is 0. The van der Waals surface area contributed by atoms with Gasteiger partial charge in [0.05, 0.1) is 13.1 Å². The SMILES string of the molecule is CCNCCNC(=O)CN(CC(=O)N(C)N1Cc2ccccc2C1)c1cc2c(cc1C)CCC2=O. The summed E-state index contributed by atoms with van der Waals surface area (Å²) in [6.45, 7) is 7.46. The van der Waals surface area contributed by atoms with Gasteiger partial charge in [0.1, 0.15) is 0 Å². The smallest absolute Gasteiger partial charge is 0.256 e. The third kappa shape index (κ3) is 5.71. The lowest BCUT2D eigenvalue weighted by Crippen LogP contribution is -2.48. The van der Waals surface area contributed by atoms with Crippen molar-refractivity contribution < 1.29 is 14.4 Å². The molecule has 2 aromatic rings. The van der Waals surface area contributed by atoms with E-state index in [0.717, 1.165) is 29.8 Å². The van der Waals surface area contributed by atoms with Crippen molar-refractivity contribution >= 4 is 23.3 Å². The highest BCUT2D eigenvalue weighted by molar-refractivity contribution is 6.01. The normalized spacial score (nSPS) is 14.5. The third-order valence-corrected chi connectivity index (χ3v) is 6.83. The molecule has 0 radical (unpaired) electrons. The van der Waals surface area contributed by atoms with Gasteiger partial charge in [-0.25, -0.2) is 5.01 Å². The second kappa shape index (κ2) is 11.0. The van der Waals surface area contributed by atoms with Gasteiger partial charge < -0.3 is 15.5 Å². The maximum atomic E-state index is 13.4. The number of hydrazine groups is 1. The average molecular weight is 478 g/mol. The summed E-state index contributed by atoms with van der Waals surface area (Å²) >= 11 is 0. The molecule has 0 saturated carbocycles. The first-order valence-corrected chi connectivity index (χ1v) is 12.3. The number of aryl methyl sites for hydroxylation is 2. The van der Waals surface area contributed by atoms with Gasteiger partial charge in [0.2, 0.25) is 5.91 Å². The number of rotatable bonds is 10. The van der Waals surface area contributed by atoms with Crippen molar-refractivity contribution in [3.8, 4) is 0 Å². The van der Waals surface area contributed by atoms with Gasteiger partial charge in [-0.15, -0.1) is 0 Å². The standard InChI is InChI=1S/C27H35N5O3/c1-4-28-11-12-29-26(34)17-31(24-14-23-20(13-19(24)2)9-10-25(23)33)18-27(35)30(3)32-15-21-7-5-6-8-22(21)16-32/h5-8,13-14,28H,4,9-12,15-18H2,1-3H3,(H,29,34). The van der Waals surface area contributed by atoms with Crippen molar-refractivity contribution in [3.05, 3.63) is 64.2 Å². The summed E-state index contributed by atoms with van der Waals surface area (Å²) in [6, 6.07) is 12.1. The van der Waals surface area contributed by atoms with Crippen LogP contribution >= 0.6 is 0 Å². The molecule has 35 heavy (non-hydrogen) atoms. The Morgan fingerprint density at radius 1 is 1.00 bits per heavy atom. The van der Waals surface area contributed by atoms with E-state index in [0.29, 0.717) is 38.2 Å². The fraction of sp³-hybridized carbons (Fsp3) is 0.444. The molecule has 186 valence electrons. The number of carbonyl (C=O) groups excluding carboxylic acids is 3. The minimum absolute atomic E-state index is 0.0395. The summed E-state index contributed by atoms with van der Waals surface area (Å²) in [5, 5.41) is 9.78. The zero-order valence-corrected chi connectivity index (χ0v) is 20.9. The quantitative estimate of drug-likeness (QED) is 0.510. The van der Waals surface area contributed by atoms with Crippen LogP contribution in [0.2, 0.25) is 0 Å². The number of carbonyl (C=O) groups is 3. The topological polar surface area (TPSA) is 85.0 Å². The third-order valence-electron chi connectivity index (χ3n) is 6.83. The van der Waals surface area contributed by atoms with Crippen LogP contribution < -0.4 is 15.5 Å². The van der Waals surface area contributed by atoms with Crippen LogP contribution in [0.4, 0.5) is 5.69 Å². The average Bonchev–Trinajstić information content (AvgIpc) is 3.43.